The molecule has 0 atom stereocenters. The average Bonchev–Trinajstić information content (AvgIpc) is 2.74. The third-order valence-corrected chi connectivity index (χ3v) is 58.8. The Bertz CT molecular complexity index is 216. The van der Waals surface area contributed by atoms with Crippen LogP contribution in [0.1, 0.15) is 0 Å². The Morgan fingerprint density at radius 2 is 0.917 bits per heavy atom. The van der Waals surface area contributed by atoms with E-state index in [-0.39, 0.29) is 0 Å². The van der Waals surface area contributed by atoms with E-state index in [0.717, 1.165) is 22.3 Å². The molecule has 0 fully saturated rings. The first kappa shape index (κ1) is 9.66. The first-order valence-corrected chi connectivity index (χ1v) is 21.7. The van der Waals surface area contributed by atoms with Gasteiger partial charge in [-0.2, -0.15) is 0 Å². The first-order valence-electron chi connectivity index (χ1n) is 3.56. The van der Waals surface area contributed by atoms with Gasteiger partial charge in [-0.15, -0.1) is 0 Å². The molecular formula is C8H8As2Se2. The summed E-state index contributed by atoms with van der Waals surface area (Å²) in [6, 6.07) is 0. The van der Waals surface area contributed by atoms with Crippen molar-refractivity contribution in [3.05, 3.63) is 43.8 Å². The van der Waals surface area contributed by atoms with Crippen LogP contribution < -0.4 is 0 Å². The minimum absolute atomic E-state index is 0.503. The maximum absolute atomic E-state index is 2.49. The van der Waals surface area contributed by atoms with Crippen LogP contribution in [-0.4, -0.2) is 47.8 Å². The van der Waals surface area contributed by atoms with Crippen molar-refractivity contribution in [1.29, 1.82) is 0 Å². The molecule has 0 aromatic heterocycles. The van der Waals surface area contributed by atoms with Crippen LogP contribution in [0.4, 0.5) is 0 Å². The van der Waals surface area contributed by atoms with E-state index in [4.69, 9.17) is 0 Å². The van der Waals surface area contributed by atoms with Gasteiger partial charge in [0.05, 0.1) is 0 Å². The average molecular weight is 412 g/mol. The third kappa shape index (κ3) is 2.81. The second-order valence-electron chi connectivity index (χ2n) is 2.23. The van der Waals surface area contributed by atoms with Crippen LogP contribution in [-0.2, 0) is 0 Å². The maximum atomic E-state index is 2.49. The Hall–Kier alpha value is 1.12. The Balaban J connectivity index is 1.74. The Morgan fingerprint density at radius 1 is 0.583 bits per heavy atom. The molecule has 62 valence electrons. The molecule has 0 N–H and O–H groups in total. The molecule has 0 nitrogen and oxygen atoms in total. The molecule has 0 saturated heterocycles. The van der Waals surface area contributed by atoms with Crippen molar-refractivity contribution in [3.63, 3.8) is 0 Å². The zero-order valence-corrected chi connectivity index (χ0v) is 13.5. The van der Waals surface area contributed by atoms with Gasteiger partial charge in [-0.1, -0.05) is 0 Å². The second-order valence-corrected chi connectivity index (χ2v) is 37.7. The van der Waals surface area contributed by atoms with Gasteiger partial charge in [0, 0.05) is 0 Å². The molecule has 2 heterocycles. The molecule has 0 bridgehead atoms. The van der Waals surface area contributed by atoms with Gasteiger partial charge in [-0.25, -0.2) is 0 Å². The summed E-state index contributed by atoms with van der Waals surface area (Å²) in [6.07, 6.45) is 9.00. The van der Waals surface area contributed by atoms with Crippen LogP contribution in [0.5, 0.6) is 0 Å². The molecule has 2 aliphatic rings. The summed E-state index contributed by atoms with van der Waals surface area (Å²) in [7, 11) is 0. The fraction of sp³-hybridized carbons (Fsp3) is 0. The van der Waals surface area contributed by atoms with Gasteiger partial charge in [0.25, 0.3) is 0 Å². The van der Waals surface area contributed by atoms with E-state index in [2.05, 4.69) is 43.8 Å². The molecule has 2 rings (SSSR count). The summed E-state index contributed by atoms with van der Waals surface area (Å²) >= 11 is 1.03. The fourth-order valence-electron chi connectivity index (χ4n) is 0.814. The van der Waals surface area contributed by atoms with E-state index in [9.17, 15) is 0 Å². The van der Waals surface area contributed by atoms with E-state index in [1.807, 2.05) is 0 Å². The summed E-state index contributed by atoms with van der Waals surface area (Å²) < 4.78 is 0. The van der Waals surface area contributed by atoms with Crippen LogP contribution in [0.2, 0.25) is 0 Å². The van der Waals surface area contributed by atoms with E-state index >= 15 is 0 Å². The monoisotopic (exact) mass is 414 g/mol. The fourth-order valence-corrected chi connectivity index (χ4v) is 76.4. The topological polar surface area (TPSA) is 0 Å². The van der Waals surface area contributed by atoms with Crippen LogP contribution in [0.3, 0.4) is 0 Å². The molecule has 0 amide bonds. The van der Waals surface area contributed by atoms with E-state index < -0.39 is 25.5 Å². The normalized spacial score (nSPS) is 21.7. The van der Waals surface area contributed by atoms with E-state index in [1.54, 1.807) is 0 Å². The molecule has 0 saturated carbocycles. The Morgan fingerprint density at radius 3 is 1.25 bits per heavy atom. The first-order chi connectivity index (χ1) is 5.95. The summed E-state index contributed by atoms with van der Waals surface area (Å²) in [6.45, 7) is 0. The van der Waals surface area contributed by atoms with E-state index in [1.165, 1.54) is 0 Å². The zero-order valence-electron chi connectivity index (χ0n) is 6.33. The summed E-state index contributed by atoms with van der Waals surface area (Å²) in [5.41, 5.74) is 0. The van der Waals surface area contributed by atoms with Crippen molar-refractivity contribution in [2.45, 2.75) is 0 Å². The summed E-state index contributed by atoms with van der Waals surface area (Å²) in [5, 5.41) is 0. The summed E-state index contributed by atoms with van der Waals surface area (Å²) in [4.78, 5) is 9.97. The molecule has 4 heteroatoms. The van der Waals surface area contributed by atoms with Gasteiger partial charge in [-0.3, -0.25) is 0 Å². The standard InChI is InChI=1S/C8H8As2Se2/c1-2-6-9(5-1)11-12-10-7-3-4-8-10/h1-8H. The number of rotatable bonds is 3. The SMILES string of the molecule is C1=C[As]([Se][Se][As]2C=CC=C2)C=C1. The molecule has 0 radical (unpaired) electrons. The Labute approximate surface area is 90.5 Å². The van der Waals surface area contributed by atoms with Gasteiger partial charge in [0.2, 0.25) is 0 Å². The van der Waals surface area contributed by atoms with Gasteiger partial charge in [0.15, 0.2) is 0 Å². The van der Waals surface area contributed by atoms with Crippen molar-refractivity contribution >= 4 is 47.8 Å². The molecule has 0 spiro atoms. The quantitative estimate of drug-likeness (QED) is 0.600. The predicted octanol–water partition coefficient (Wildman–Crippen LogP) is 0.702. The van der Waals surface area contributed by atoms with Crippen molar-refractivity contribution in [1.82, 2.24) is 0 Å². The van der Waals surface area contributed by atoms with Crippen molar-refractivity contribution in [3.8, 4) is 0 Å². The van der Waals surface area contributed by atoms with E-state index in [0.29, 0.717) is 0 Å². The van der Waals surface area contributed by atoms with Crippen molar-refractivity contribution in [2.75, 3.05) is 0 Å². The Kier molecular flexibility index (Phi) is 4.11. The minimum atomic E-state index is -0.503. The van der Waals surface area contributed by atoms with Crippen LogP contribution in [0, 0.1) is 0 Å². The molecule has 12 heavy (non-hydrogen) atoms. The summed E-state index contributed by atoms with van der Waals surface area (Å²) in [5.74, 6) is 0. The van der Waals surface area contributed by atoms with Gasteiger partial charge >= 0.3 is 91.6 Å². The van der Waals surface area contributed by atoms with Gasteiger partial charge in [-0.05, 0) is 0 Å². The van der Waals surface area contributed by atoms with Crippen LogP contribution in [0.15, 0.2) is 43.8 Å². The molecule has 0 aromatic rings. The van der Waals surface area contributed by atoms with Crippen molar-refractivity contribution in [2.24, 2.45) is 0 Å². The number of allylic oxidation sites excluding steroid dienone is 4. The van der Waals surface area contributed by atoms with Crippen LogP contribution in [0.25, 0.3) is 0 Å². The van der Waals surface area contributed by atoms with Gasteiger partial charge < -0.3 is 0 Å². The van der Waals surface area contributed by atoms with Crippen LogP contribution >= 0.6 is 0 Å². The molecular weight excluding hydrogens is 404 g/mol. The molecule has 0 aromatic carbocycles. The number of hydrogen-bond donors (Lipinski definition) is 0. The molecule has 0 aliphatic carbocycles. The van der Waals surface area contributed by atoms with Crippen molar-refractivity contribution < 1.29 is 0 Å². The predicted molar refractivity (Wildman–Crippen MR) is 59.6 cm³/mol. The third-order valence-electron chi connectivity index (χ3n) is 1.36. The molecule has 0 unspecified atom stereocenters. The number of hydrogen-bond acceptors (Lipinski definition) is 0. The second kappa shape index (κ2) is 5.11. The van der Waals surface area contributed by atoms with Gasteiger partial charge in [0.1, 0.15) is 0 Å². The zero-order chi connectivity index (χ0) is 8.23. The molecule has 2 aliphatic heterocycles.